The van der Waals surface area contributed by atoms with Crippen molar-refractivity contribution in [1.29, 1.82) is 0 Å². The fraction of sp³-hybridized carbons (Fsp3) is 0. The molecule has 2 aromatic rings. The average Bonchev–Trinajstić information content (AvgIpc) is 2.57. The predicted octanol–water partition coefficient (Wildman–Crippen LogP) is 3.03. The average molecular weight is 259 g/mol. The van der Waals surface area contributed by atoms with Gasteiger partial charge in [-0.2, -0.15) is 0 Å². The van der Waals surface area contributed by atoms with Gasteiger partial charge in [-0.25, -0.2) is 9.18 Å². The van der Waals surface area contributed by atoms with E-state index in [1.807, 2.05) is 0 Å². The normalized spacial score (nSPS) is 10.7. The first-order chi connectivity index (χ1) is 6.59. The zero-order chi connectivity index (χ0) is 10.3. The molecule has 0 bridgehead atoms. The highest BCUT2D eigenvalue weighted by atomic mass is 79.9. The van der Waals surface area contributed by atoms with Crippen LogP contribution in [0.1, 0.15) is 10.6 Å². The number of furan rings is 1. The van der Waals surface area contributed by atoms with Crippen LogP contribution in [0, 0.1) is 5.82 Å². The Bertz CT molecular complexity index is 479. The standard InChI is InChI=1S/C9H4BrFO3/c10-5-1-2-6(11)8-4(5)3-7(14-8)9(12)13/h1-3H,(H,12,13). The van der Waals surface area contributed by atoms with E-state index < -0.39 is 11.8 Å². The molecule has 0 unspecified atom stereocenters. The molecular weight excluding hydrogens is 255 g/mol. The molecule has 3 nitrogen and oxygen atoms in total. The molecule has 0 saturated heterocycles. The zero-order valence-corrected chi connectivity index (χ0v) is 8.34. The third-order valence-electron chi connectivity index (χ3n) is 1.79. The first-order valence-electron chi connectivity index (χ1n) is 3.70. The summed E-state index contributed by atoms with van der Waals surface area (Å²) in [5, 5.41) is 9.06. The van der Waals surface area contributed by atoms with Crippen molar-refractivity contribution in [3.05, 3.63) is 34.2 Å². The van der Waals surface area contributed by atoms with Crippen LogP contribution in [0.25, 0.3) is 11.0 Å². The number of carboxylic acid groups (broad SMARTS) is 1. The number of hydrogen-bond acceptors (Lipinski definition) is 2. The predicted molar refractivity (Wildman–Crippen MR) is 50.8 cm³/mol. The van der Waals surface area contributed by atoms with Gasteiger partial charge in [0.15, 0.2) is 11.4 Å². The molecule has 2 rings (SSSR count). The summed E-state index contributed by atoms with van der Waals surface area (Å²) in [6.45, 7) is 0. The number of benzene rings is 1. The van der Waals surface area contributed by atoms with Gasteiger partial charge < -0.3 is 9.52 Å². The van der Waals surface area contributed by atoms with Crippen LogP contribution in [0.15, 0.2) is 27.1 Å². The van der Waals surface area contributed by atoms with Crippen molar-refractivity contribution in [2.75, 3.05) is 0 Å². The lowest BCUT2D eigenvalue weighted by Crippen LogP contribution is -1.91. The number of aromatic carboxylic acids is 1. The van der Waals surface area contributed by atoms with Crippen LogP contribution in [0.3, 0.4) is 0 Å². The molecule has 1 aromatic carbocycles. The third kappa shape index (κ3) is 1.29. The van der Waals surface area contributed by atoms with Gasteiger partial charge in [0.05, 0.1) is 0 Å². The van der Waals surface area contributed by atoms with Crippen LogP contribution in [0.2, 0.25) is 0 Å². The van der Waals surface area contributed by atoms with Crippen LogP contribution >= 0.6 is 15.9 Å². The lowest BCUT2D eigenvalue weighted by Gasteiger charge is -1.92. The summed E-state index contributed by atoms with van der Waals surface area (Å²) in [5.41, 5.74) is -0.0447. The largest absolute Gasteiger partial charge is 0.475 e. The third-order valence-corrected chi connectivity index (χ3v) is 2.48. The van der Waals surface area contributed by atoms with Crippen LogP contribution < -0.4 is 0 Å². The number of carboxylic acids is 1. The molecule has 0 aliphatic carbocycles. The molecule has 14 heavy (non-hydrogen) atoms. The van der Waals surface area contributed by atoms with Crippen LogP contribution in [-0.2, 0) is 0 Å². The van der Waals surface area contributed by atoms with Gasteiger partial charge in [-0.3, -0.25) is 0 Å². The number of rotatable bonds is 1. The fourth-order valence-electron chi connectivity index (χ4n) is 1.16. The molecule has 5 heteroatoms. The van der Waals surface area contributed by atoms with E-state index >= 15 is 0 Å². The van der Waals surface area contributed by atoms with E-state index in [-0.39, 0.29) is 11.3 Å². The SMILES string of the molecule is O=C(O)c1cc2c(Br)ccc(F)c2o1. The van der Waals surface area contributed by atoms with E-state index in [1.54, 1.807) is 0 Å². The number of carbonyl (C=O) groups is 1. The van der Waals surface area contributed by atoms with E-state index in [0.717, 1.165) is 0 Å². The van der Waals surface area contributed by atoms with E-state index in [1.165, 1.54) is 18.2 Å². The monoisotopic (exact) mass is 258 g/mol. The summed E-state index contributed by atoms with van der Waals surface area (Å²) in [7, 11) is 0. The van der Waals surface area contributed by atoms with Gasteiger partial charge in [0.2, 0.25) is 5.76 Å². The fourth-order valence-corrected chi connectivity index (χ4v) is 1.59. The van der Waals surface area contributed by atoms with Crippen molar-refractivity contribution in [3.63, 3.8) is 0 Å². The minimum atomic E-state index is -1.22. The minimum absolute atomic E-state index is 0.0447. The first-order valence-corrected chi connectivity index (χ1v) is 4.49. The molecule has 1 aromatic heterocycles. The van der Waals surface area contributed by atoms with Crippen molar-refractivity contribution in [1.82, 2.24) is 0 Å². The maximum absolute atomic E-state index is 13.1. The number of hydrogen-bond donors (Lipinski definition) is 1. The molecule has 0 fully saturated rings. The van der Waals surface area contributed by atoms with E-state index in [2.05, 4.69) is 15.9 Å². The smallest absolute Gasteiger partial charge is 0.371 e. The Hall–Kier alpha value is -1.36. The summed E-state index contributed by atoms with van der Waals surface area (Å²) < 4.78 is 18.6. The quantitative estimate of drug-likeness (QED) is 0.856. The summed E-state index contributed by atoms with van der Waals surface area (Å²) in [5.74, 6) is -2.06. The van der Waals surface area contributed by atoms with Crippen molar-refractivity contribution < 1.29 is 18.7 Å². The van der Waals surface area contributed by atoms with Gasteiger partial charge in [0.25, 0.3) is 0 Å². The summed E-state index contributed by atoms with van der Waals surface area (Å²) in [4.78, 5) is 10.6. The molecule has 0 saturated carbocycles. The second kappa shape index (κ2) is 3.09. The van der Waals surface area contributed by atoms with E-state index in [4.69, 9.17) is 9.52 Å². The highest BCUT2D eigenvalue weighted by molar-refractivity contribution is 9.10. The second-order valence-corrected chi connectivity index (χ2v) is 3.54. The lowest BCUT2D eigenvalue weighted by molar-refractivity contribution is 0.0665. The Morgan fingerprint density at radius 2 is 2.21 bits per heavy atom. The molecular formula is C9H4BrFO3. The van der Waals surface area contributed by atoms with Crippen LogP contribution in [0.4, 0.5) is 4.39 Å². The van der Waals surface area contributed by atoms with Gasteiger partial charge in [-0.05, 0) is 12.1 Å². The van der Waals surface area contributed by atoms with Crippen LogP contribution in [0.5, 0.6) is 0 Å². The van der Waals surface area contributed by atoms with Gasteiger partial charge in [-0.15, -0.1) is 0 Å². The molecule has 1 heterocycles. The number of fused-ring (bicyclic) bond motifs is 1. The molecule has 0 aliphatic heterocycles. The topological polar surface area (TPSA) is 50.4 Å². The van der Waals surface area contributed by atoms with Crippen molar-refractivity contribution in [2.45, 2.75) is 0 Å². The summed E-state index contributed by atoms with van der Waals surface area (Å²) >= 11 is 3.17. The number of halogens is 2. The summed E-state index contributed by atoms with van der Waals surface area (Å²) in [6.07, 6.45) is 0. The van der Waals surface area contributed by atoms with Gasteiger partial charge in [0, 0.05) is 15.9 Å². The van der Waals surface area contributed by atoms with Gasteiger partial charge in [0.1, 0.15) is 0 Å². The second-order valence-electron chi connectivity index (χ2n) is 2.69. The maximum Gasteiger partial charge on any atom is 0.371 e. The molecule has 0 amide bonds. The van der Waals surface area contributed by atoms with Crippen LogP contribution in [-0.4, -0.2) is 11.1 Å². The maximum atomic E-state index is 13.1. The molecule has 72 valence electrons. The Labute approximate surface area is 86.3 Å². The Morgan fingerprint density at radius 3 is 2.79 bits per heavy atom. The molecule has 0 radical (unpaired) electrons. The van der Waals surface area contributed by atoms with Crippen molar-refractivity contribution in [3.8, 4) is 0 Å². The Kier molecular flexibility index (Phi) is 2.03. The van der Waals surface area contributed by atoms with Gasteiger partial charge in [-0.1, -0.05) is 15.9 Å². The molecule has 1 N–H and O–H groups in total. The lowest BCUT2D eigenvalue weighted by atomic mass is 10.2. The first kappa shape index (κ1) is 9.21. The van der Waals surface area contributed by atoms with Gasteiger partial charge >= 0.3 is 5.97 Å². The van der Waals surface area contributed by atoms with Crippen molar-refractivity contribution >= 4 is 32.9 Å². The minimum Gasteiger partial charge on any atom is -0.475 e. The summed E-state index contributed by atoms with van der Waals surface area (Å²) in [6, 6.07) is 3.99. The Morgan fingerprint density at radius 1 is 1.50 bits per heavy atom. The highest BCUT2D eigenvalue weighted by Gasteiger charge is 2.15. The zero-order valence-electron chi connectivity index (χ0n) is 6.75. The van der Waals surface area contributed by atoms with E-state index in [0.29, 0.717) is 9.86 Å². The molecule has 0 aliphatic rings. The Balaban J connectivity index is 2.82. The molecule has 0 atom stereocenters. The van der Waals surface area contributed by atoms with E-state index in [9.17, 15) is 9.18 Å². The highest BCUT2D eigenvalue weighted by Crippen LogP contribution is 2.29. The van der Waals surface area contributed by atoms with Crippen molar-refractivity contribution in [2.24, 2.45) is 0 Å². The molecule has 0 spiro atoms.